The second-order valence-corrected chi connectivity index (χ2v) is 2.98. The number of nitrogens with one attached hydrogen (secondary N) is 1. The van der Waals surface area contributed by atoms with Gasteiger partial charge in [0.1, 0.15) is 6.04 Å². The van der Waals surface area contributed by atoms with Gasteiger partial charge in [0.2, 0.25) is 5.95 Å². The molecule has 0 aliphatic rings. The Morgan fingerprint density at radius 3 is 2.93 bits per heavy atom. The van der Waals surface area contributed by atoms with Crippen LogP contribution in [0.3, 0.4) is 0 Å². The molecule has 0 aliphatic heterocycles. The molecule has 1 atom stereocenters. The molecule has 1 unspecified atom stereocenters. The van der Waals surface area contributed by atoms with E-state index in [1.807, 2.05) is 24.6 Å². The van der Waals surface area contributed by atoms with Crippen LogP contribution in [0, 0.1) is 0 Å². The molecule has 0 radical (unpaired) electrons. The van der Waals surface area contributed by atoms with Crippen molar-refractivity contribution >= 4 is 11.9 Å². The summed E-state index contributed by atoms with van der Waals surface area (Å²) in [6.07, 6.45) is 4.00. The number of aromatic nitrogens is 2. The number of hydrogen-bond acceptors (Lipinski definition) is 3. The lowest BCUT2D eigenvalue weighted by atomic mass is 10.2. The Hall–Kier alpha value is -1.52. The molecule has 5 nitrogen and oxygen atoms in total. The van der Waals surface area contributed by atoms with Crippen LogP contribution in [-0.4, -0.2) is 26.7 Å². The van der Waals surface area contributed by atoms with E-state index in [2.05, 4.69) is 10.3 Å². The number of rotatable bonds is 5. The fraction of sp³-hybridized carbons (Fsp3) is 0.556. The lowest BCUT2D eigenvalue weighted by Gasteiger charge is -2.13. The smallest absolute Gasteiger partial charge is 0.326 e. The van der Waals surface area contributed by atoms with Crippen LogP contribution in [-0.2, 0) is 11.3 Å². The van der Waals surface area contributed by atoms with Crippen molar-refractivity contribution in [3.8, 4) is 0 Å². The molecular weight excluding hydrogens is 182 g/mol. The van der Waals surface area contributed by atoms with Gasteiger partial charge in [-0.2, -0.15) is 0 Å². The highest BCUT2D eigenvalue weighted by Crippen LogP contribution is 2.07. The van der Waals surface area contributed by atoms with Crippen LogP contribution in [0.1, 0.15) is 20.3 Å². The summed E-state index contributed by atoms with van der Waals surface area (Å²) in [7, 11) is 0. The van der Waals surface area contributed by atoms with E-state index in [0.29, 0.717) is 12.4 Å². The van der Waals surface area contributed by atoms with Crippen molar-refractivity contribution in [1.29, 1.82) is 0 Å². The van der Waals surface area contributed by atoms with E-state index >= 15 is 0 Å². The average molecular weight is 197 g/mol. The van der Waals surface area contributed by atoms with Crippen LogP contribution in [0.5, 0.6) is 0 Å². The van der Waals surface area contributed by atoms with Crippen LogP contribution in [0.4, 0.5) is 5.95 Å². The van der Waals surface area contributed by atoms with Gasteiger partial charge in [-0.25, -0.2) is 9.78 Å². The largest absolute Gasteiger partial charge is 0.480 e. The minimum atomic E-state index is -0.849. The first kappa shape index (κ1) is 10.6. The number of carbonyl (C=O) groups is 1. The van der Waals surface area contributed by atoms with Crippen LogP contribution >= 0.6 is 0 Å². The molecule has 1 aromatic heterocycles. The van der Waals surface area contributed by atoms with Crippen molar-refractivity contribution < 1.29 is 9.90 Å². The van der Waals surface area contributed by atoms with Crippen molar-refractivity contribution in [3.05, 3.63) is 12.4 Å². The SMILES string of the molecule is CCC(Nc1nccn1CC)C(=O)O. The first-order chi connectivity index (χ1) is 6.69. The number of carboxylic acids is 1. The van der Waals surface area contributed by atoms with Crippen molar-refractivity contribution in [2.24, 2.45) is 0 Å². The molecule has 2 N–H and O–H groups in total. The predicted molar refractivity (Wildman–Crippen MR) is 53.2 cm³/mol. The zero-order chi connectivity index (χ0) is 10.6. The summed E-state index contributed by atoms with van der Waals surface area (Å²) in [4.78, 5) is 14.8. The standard InChI is InChI=1S/C9H15N3O2/c1-3-7(8(13)14)11-9-10-5-6-12(9)4-2/h5-7H,3-4H2,1-2H3,(H,10,11)(H,13,14). The normalized spacial score (nSPS) is 12.4. The maximum absolute atomic E-state index is 10.8. The number of imidazole rings is 1. The maximum Gasteiger partial charge on any atom is 0.326 e. The van der Waals surface area contributed by atoms with Crippen molar-refractivity contribution in [2.45, 2.75) is 32.9 Å². The Bertz CT molecular complexity index is 309. The number of carboxylic acid groups (broad SMARTS) is 1. The number of nitrogens with zero attached hydrogens (tertiary/aromatic N) is 2. The summed E-state index contributed by atoms with van der Waals surface area (Å²) in [5.41, 5.74) is 0. The quantitative estimate of drug-likeness (QED) is 0.743. The van der Waals surface area contributed by atoms with Crippen molar-refractivity contribution in [3.63, 3.8) is 0 Å². The summed E-state index contributed by atoms with van der Waals surface area (Å²) in [5.74, 6) is -0.236. The summed E-state index contributed by atoms with van der Waals surface area (Å²) in [5, 5.41) is 11.7. The van der Waals surface area contributed by atoms with Gasteiger partial charge in [0.05, 0.1) is 0 Å². The summed E-state index contributed by atoms with van der Waals surface area (Å²) < 4.78 is 1.87. The molecule has 14 heavy (non-hydrogen) atoms. The molecule has 0 aromatic carbocycles. The fourth-order valence-electron chi connectivity index (χ4n) is 1.20. The topological polar surface area (TPSA) is 67.2 Å². The van der Waals surface area contributed by atoms with Gasteiger partial charge in [-0.15, -0.1) is 0 Å². The average Bonchev–Trinajstić information content (AvgIpc) is 2.60. The Kier molecular flexibility index (Phi) is 3.50. The molecule has 0 fully saturated rings. The Labute approximate surface area is 82.8 Å². The van der Waals surface area contributed by atoms with Crippen LogP contribution in [0.25, 0.3) is 0 Å². The highest BCUT2D eigenvalue weighted by atomic mass is 16.4. The highest BCUT2D eigenvalue weighted by molar-refractivity contribution is 5.76. The molecule has 1 rings (SSSR count). The molecule has 5 heteroatoms. The minimum Gasteiger partial charge on any atom is -0.480 e. The van der Waals surface area contributed by atoms with Crippen LogP contribution in [0.15, 0.2) is 12.4 Å². The van der Waals surface area contributed by atoms with Gasteiger partial charge in [0.15, 0.2) is 0 Å². The Morgan fingerprint density at radius 2 is 2.43 bits per heavy atom. The van der Waals surface area contributed by atoms with Crippen molar-refractivity contribution in [1.82, 2.24) is 9.55 Å². The minimum absolute atomic E-state index is 0.534. The van der Waals surface area contributed by atoms with Gasteiger partial charge in [-0.1, -0.05) is 6.92 Å². The maximum atomic E-state index is 10.8. The molecule has 0 saturated carbocycles. The van der Waals surface area contributed by atoms with E-state index in [-0.39, 0.29) is 0 Å². The predicted octanol–water partition coefficient (Wildman–Crippen LogP) is 1.18. The third kappa shape index (κ3) is 2.25. The van der Waals surface area contributed by atoms with Gasteiger partial charge in [0.25, 0.3) is 0 Å². The molecule has 1 aromatic rings. The third-order valence-electron chi connectivity index (χ3n) is 2.07. The highest BCUT2D eigenvalue weighted by Gasteiger charge is 2.16. The molecular formula is C9H15N3O2. The number of hydrogen-bond donors (Lipinski definition) is 2. The lowest BCUT2D eigenvalue weighted by molar-refractivity contribution is -0.138. The van der Waals surface area contributed by atoms with Gasteiger partial charge in [0, 0.05) is 18.9 Å². The van der Waals surface area contributed by atoms with E-state index < -0.39 is 12.0 Å². The Balaban J connectivity index is 2.71. The first-order valence-corrected chi connectivity index (χ1v) is 4.69. The molecule has 0 aliphatic carbocycles. The summed E-state index contributed by atoms with van der Waals surface area (Å²) >= 11 is 0. The van der Waals surface area contributed by atoms with E-state index in [0.717, 1.165) is 6.54 Å². The van der Waals surface area contributed by atoms with E-state index in [1.54, 1.807) is 6.20 Å². The van der Waals surface area contributed by atoms with Crippen LogP contribution in [0.2, 0.25) is 0 Å². The molecule has 1 heterocycles. The summed E-state index contributed by atoms with van der Waals surface area (Å²) in [6.45, 7) is 4.58. The van der Waals surface area contributed by atoms with Crippen LogP contribution < -0.4 is 5.32 Å². The second-order valence-electron chi connectivity index (χ2n) is 2.98. The zero-order valence-electron chi connectivity index (χ0n) is 8.40. The monoisotopic (exact) mass is 197 g/mol. The van der Waals surface area contributed by atoms with E-state index in [4.69, 9.17) is 5.11 Å². The fourth-order valence-corrected chi connectivity index (χ4v) is 1.20. The van der Waals surface area contributed by atoms with Gasteiger partial charge >= 0.3 is 5.97 Å². The zero-order valence-corrected chi connectivity index (χ0v) is 8.40. The number of aliphatic carboxylic acids is 1. The molecule has 0 spiro atoms. The Morgan fingerprint density at radius 1 is 1.71 bits per heavy atom. The van der Waals surface area contributed by atoms with E-state index in [9.17, 15) is 4.79 Å². The third-order valence-corrected chi connectivity index (χ3v) is 2.07. The van der Waals surface area contributed by atoms with E-state index in [1.165, 1.54) is 0 Å². The van der Waals surface area contributed by atoms with Gasteiger partial charge in [-0.05, 0) is 13.3 Å². The molecule has 0 saturated heterocycles. The van der Waals surface area contributed by atoms with Gasteiger partial charge < -0.3 is 15.0 Å². The first-order valence-electron chi connectivity index (χ1n) is 4.69. The second kappa shape index (κ2) is 4.64. The summed E-state index contributed by atoms with van der Waals surface area (Å²) in [6, 6.07) is -0.567. The van der Waals surface area contributed by atoms with Gasteiger partial charge in [-0.3, -0.25) is 0 Å². The lowest BCUT2D eigenvalue weighted by Crippen LogP contribution is -2.29. The number of aryl methyl sites for hydroxylation is 1. The number of anilines is 1. The molecule has 78 valence electrons. The molecule has 0 bridgehead atoms. The molecule has 0 amide bonds. The van der Waals surface area contributed by atoms with Crippen molar-refractivity contribution in [2.75, 3.05) is 5.32 Å².